The number of hydrogen-bond acceptors (Lipinski definition) is 4. The molecule has 1 aliphatic heterocycles. The lowest BCUT2D eigenvalue weighted by Crippen LogP contribution is -2.47. The number of rotatable bonds is 3. The second-order valence-corrected chi connectivity index (χ2v) is 5.07. The van der Waals surface area contributed by atoms with Crippen LogP contribution in [0.15, 0.2) is 24.3 Å². The first-order valence-corrected chi connectivity index (χ1v) is 6.69. The average Bonchev–Trinajstić information content (AvgIpc) is 2.47. The molecule has 1 aliphatic rings. The molecule has 0 spiro atoms. The number of piperidine rings is 1. The molecule has 1 heterocycles. The highest BCUT2D eigenvalue weighted by molar-refractivity contribution is 5.78. The minimum absolute atomic E-state index is 0.111. The fourth-order valence-electron chi connectivity index (χ4n) is 2.19. The molecular weight excluding hydrogens is 256 g/mol. The monoisotopic (exact) mass is 274 g/mol. The average molecular weight is 274 g/mol. The lowest BCUT2D eigenvalue weighted by molar-refractivity contribution is -0.137. The van der Waals surface area contributed by atoms with E-state index in [0.717, 1.165) is 6.42 Å². The Balaban J connectivity index is 1.91. The summed E-state index contributed by atoms with van der Waals surface area (Å²) in [5.41, 5.74) is 0.410. The molecule has 1 aromatic carbocycles. The zero-order chi connectivity index (χ0) is 14.5. The van der Waals surface area contributed by atoms with Crippen molar-refractivity contribution < 1.29 is 14.6 Å². The Morgan fingerprint density at radius 3 is 3.00 bits per heavy atom. The number of para-hydroxylation sites is 1. The highest BCUT2D eigenvalue weighted by Gasteiger charge is 2.27. The standard InChI is InChI=1S/C15H18N2O3/c1-11-6-7-17(9-13(11)18)15(19)10-20-14-5-3-2-4-12(14)8-16/h2-5,11,13,18H,6-7,9-10H2,1H3. The van der Waals surface area contributed by atoms with Crippen molar-refractivity contribution >= 4 is 5.91 Å². The van der Waals surface area contributed by atoms with Crippen molar-refractivity contribution in [3.05, 3.63) is 29.8 Å². The van der Waals surface area contributed by atoms with Gasteiger partial charge in [0.1, 0.15) is 11.8 Å². The van der Waals surface area contributed by atoms with E-state index >= 15 is 0 Å². The van der Waals surface area contributed by atoms with Gasteiger partial charge < -0.3 is 14.7 Å². The molecule has 5 nitrogen and oxygen atoms in total. The molecule has 1 N–H and O–H groups in total. The smallest absolute Gasteiger partial charge is 0.260 e. The number of carbonyl (C=O) groups excluding carboxylic acids is 1. The van der Waals surface area contributed by atoms with Gasteiger partial charge in [-0.05, 0) is 24.5 Å². The number of hydrogen-bond donors (Lipinski definition) is 1. The third-order valence-corrected chi connectivity index (χ3v) is 3.63. The number of benzene rings is 1. The molecule has 2 atom stereocenters. The molecular formula is C15H18N2O3. The lowest BCUT2D eigenvalue weighted by Gasteiger charge is -2.34. The predicted octanol–water partition coefficient (Wildman–Crippen LogP) is 1.17. The largest absolute Gasteiger partial charge is 0.482 e. The zero-order valence-corrected chi connectivity index (χ0v) is 11.5. The fourth-order valence-corrected chi connectivity index (χ4v) is 2.19. The third kappa shape index (κ3) is 3.28. The van der Waals surface area contributed by atoms with Gasteiger partial charge in [-0.25, -0.2) is 0 Å². The number of carbonyl (C=O) groups is 1. The summed E-state index contributed by atoms with van der Waals surface area (Å²) in [5.74, 6) is 0.470. The maximum Gasteiger partial charge on any atom is 0.260 e. The maximum atomic E-state index is 12.0. The quantitative estimate of drug-likeness (QED) is 0.897. The van der Waals surface area contributed by atoms with E-state index < -0.39 is 6.10 Å². The summed E-state index contributed by atoms with van der Waals surface area (Å²) >= 11 is 0. The summed E-state index contributed by atoms with van der Waals surface area (Å²) in [6.07, 6.45) is 0.320. The minimum atomic E-state index is -0.473. The molecule has 5 heteroatoms. The highest BCUT2D eigenvalue weighted by atomic mass is 16.5. The van der Waals surface area contributed by atoms with E-state index in [2.05, 4.69) is 0 Å². The Bertz CT molecular complexity index is 524. The number of aliphatic hydroxyl groups excluding tert-OH is 1. The number of β-amino-alcohol motifs (C(OH)–C–C–N with tert-alkyl or cyclic N) is 1. The van der Waals surface area contributed by atoms with Gasteiger partial charge in [-0.15, -0.1) is 0 Å². The van der Waals surface area contributed by atoms with Crippen LogP contribution in [0.4, 0.5) is 0 Å². The second kappa shape index (κ2) is 6.40. The Labute approximate surface area is 118 Å². The van der Waals surface area contributed by atoms with Crippen molar-refractivity contribution in [3.63, 3.8) is 0 Å². The molecule has 1 amide bonds. The maximum absolute atomic E-state index is 12.0. The van der Waals surface area contributed by atoms with E-state index in [1.165, 1.54) is 0 Å². The molecule has 0 aromatic heterocycles. The van der Waals surface area contributed by atoms with Crippen LogP contribution in [0, 0.1) is 17.2 Å². The zero-order valence-electron chi connectivity index (χ0n) is 11.5. The predicted molar refractivity (Wildman–Crippen MR) is 73.0 cm³/mol. The number of nitrogens with zero attached hydrogens (tertiary/aromatic N) is 2. The molecule has 0 aliphatic carbocycles. The van der Waals surface area contributed by atoms with Gasteiger partial charge in [-0.3, -0.25) is 4.79 Å². The van der Waals surface area contributed by atoms with Crippen molar-refractivity contribution in [2.75, 3.05) is 19.7 Å². The van der Waals surface area contributed by atoms with E-state index in [1.807, 2.05) is 13.0 Å². The molecule has 2 rings (SSSR count). The van der Waals surface area contributed by atoms with Crippen LogP contribution in [-0.2, 0) is 4.79 Å². The number of likely N-dealkylation sites (tertiary alicyclic amines) is 1. The topological polar surface area (TPSA) is 73.6 Å². The van der Waals surface area contributed by atoms with Crippen LogP contribution < -0.4 is 4.74 Å². The van der Waals surface area contributed by atoms with E-state index in [1.54, 1.807) is 29.2 Å². The van der Waals surface area contributed by atoms with Crippen molar-refractivity contribution in [1.82, 2.24) is 4.90 Å². The molecule has 0 bridgehead atoms. The van der Waals surface area contributed by atoms with Crippen molar-refractivity contribution in [1.29, 1.82) is 5.26 Å². The summed E-state index contributed by atoms with van der Waals surface area (Å²) in [5, 5.41) is 18.7. The van der Waals surface area contributed by atoms with Crippen molar-refractivity contribution in [2.24, 2.45) is 5.92 Å². The fraction of sp³-hybridized carbons (Fsp3) is 0.467. The normalized spacial score (nSPS) is 22.1. The first-order chi connectivity index (χ1) is 9.61. The summed E-state index contributed by atoms with van der Waals surface area (Å²) in [6.45, 7) is 2.86. The third-order valence-electron chi connectivity index (χ3n) is 3.63. The van der Waals surface area contributed by atoms with Crippen LogP contribution in [0.3, 0.4) is 0 Å². The number of ether oxygens (including phenoxy) is 1. The molecule has 106 valence electrons. The van der Waals surface area contributed by atoms with Gasteiger partial charge in [0.05, 0.1) is 11.7 Å². The van der Waals surface area contributed by atoms with Crippen molar-refractivity contribution in [3.8, 4) is 11.8 Å². The first-order valence-electron chi connectivity index (χ1n) is 6.69. The lowest BCUT2D eigenvalue weighted by atomic mass is 9.96. The Morgan fingerprint density at radius 2 is 2.30 bits per heavy atom. The van der Waals surface area contributed by atoms with Crippen LogP contribution in [0.1, 0.15) is 18.9 Å². The SMILES string of the molecule is CC1CCN(C(=O)COc2ccccc2C#N)CC1O. The van der Waals surface area contributed by atoms with Gasteiger partial charge in [0.2, 0.25) is 0 Å². The van der Waals surface area contributed by atoms with Crippen LogP contribution in [0.5, 0.6) is 5.75 Å². The van der Waals surface area contributed by atoms with Crippen LogP contribution in [0.2, 0.25) is 0 Å². The van der Waals surface area contributed by atoms with Gasteiger partial charge in [-0.1, -0.05) is 19.1 Å². The van der Waals surface area contributed by atoms with Crippen LogP contribution in [0.25, 0.3) is 0 Å². The molecule has 2 unspecified atom stereocenters. The first kappa shape index (κ1) is 14.4. The Hall–Kier alpha value is -2.06. The molecule has 0 radical (unpaired) electrons. The van der Waals surface area contributed by atoms with E-state index in [4.69, 9.17) is 10.00 Å². The van der Waals surface area contributed by atoms with Gasteiger partial charge in [0.25, 0.3) is 5.91 Å². The number of aliphatic hydroxyl groups is 1. The van der Waals surface area contributed by atoms with Crippen molar-refractivity contribution in [2.45, 2.75) is 19.4 Å². The summed E-state index contributed by atoms with van der Waals surface area (Å²) in [4.78, 5) is 13.6. The molecule has 0 saturated carbocycles. The second-order valence-electron chi connectivity index (χ2n) is 5.07. The van der Waals surface area contributed by atoms with E-state index in [9.17, 15) is 9.90 Å². The Kier molecular flexibility index (Phi) is 4.59. The highest BCUT2D eigenvalue weighted by Crippen LogP contribution is 2.19. The number of nitriles is 1. The molecule has 1 saturated heterocycles. The summed E-state index contributed by atoms with van der Waals surface area (Å²) < 4.78 is 5.41. The van der Waals surface area contributed by atoms with E-state index in [-0.39, 0.29) is 18.4 Å². The van der Waals surface area contributed by atoms with Gasteiger partial charge >= 0.3 is 0 Å². The summed E-state index contributed by atoms with van der Waals surface area (Å²) in [7, 11) is 0. The van der Waals surface area contributed by atoms with E-state index in [0.29, 0.717) is 24.4 Å². The molecule has 1 aromatic rings. The van der Waals surface area contributed by atoms with Gasteiger partial charge in [0.15, 0.2) is 6.61 Å². The Morgan fingerprint density at radius 1 is 1.55 bits per heavy atom. The molecule has 1 fully saturated rings. The van der Waals surface area contributed by atoms with Gasteiger partial charge in [0, 0.05) is 13.1 Å². The molecule has 20 heavy (non-hydrogen) atoms. The van der Waals surface area contributed by atoms with Crippen LogP contribution >= 0.6 is 0 Å². The van der Waals surface area contributed by atoms with Crippen LogP contribution in [-0.4, -0.2) is 41.7 Å². The minimum Gasteiger partial charge on any atom is -0.482 e. The summed E-state index contributed by atoms with van der Waals surface area (Å²) in [6, 6.07) is 8.83. The van der Waals surface area contributed by atoms with Gasteiger partial charge in [-0.2, -0.15) is 5.26 Å². The number of amides is 1.